The molecule has 0 saturated heterocycles. The molecule has 0 aliphatic rings. The van der Waals surface area contributed by atoms with Crippen LogP contribution in [0.25, 0.3) is 0 Å². The molecule has 0 aromatic rings. The molecule has 0 radical (unpaired) electrons. The zero-order valence-electron chi connectivity index (χ0n) is 3.36. The van der Waals surface area contributed by atoms with Gasteiger partial charge in [-0.05, 0) is 0 Å². The number of rotatable bonds is 0. The van der Waals surface area contributed by atoms with Crippen molar-refractivity contribution >= 4 is 10.5 Å². The zero-order chi connectivity index (χ0) is 4.50. The van der Waals surface area contributed by atoms with Crippen LogP contribution in [0.5, 0.6) is 0 Å². The van der Waals surface area contributed by atoms with Gasteiger partial charge in [0.05, 0.1) is 0 Å². The first-order chi connectivity index (χ1) is 2.00. The van der Waals surface area contributed by atoms with Gasteiger partial charge in [-0.1, -0.05) is 0 Å². The van der Waals surface area contributed by atoms with Crippen LogP contribution in [0, 0.1) is 0 Å². The van der Waals surface area contributed by atoms with Crippen LogP contribution in [-0.2, 0) is 27.6 Å². The van der Waals surface area contributed by atoms with Gasteiger partial charge >= 0.3 is 29.6 Å². The van der Waals surface area contributed by atoms with E-state index in [0.717, 1.165) is 0 Å². The number of hydrogen-bond donors (Lipinski definition) is 0. The van der Waals surface area contributed by atoms with Crippen molar-refractivity contribution in [1.29, 1.82) is 0 Å². The minimum atomic E-state index is -5.42. The van der Waals surface area contributed by atoms with Crippen LogP contribution in [0.3, 0.4) is 0 Å². The summed E-state index contributed by atoms with van der Waals surface area (Å²) in [5, 5.41) is 0. The molecule has 0 heterocycles. The van der Waals surface area contributed by atoms with Gasteiger partial charge in [-0.2, -0.15) is 0 Å². The maximum Gasteiger partial charge on any atom is 1.00 e. The summed E-state index contributed by atoms with van der Waals surface area (Å²) < 4.78 is 35.3. The van der Waals surface area contributed by atoms with Crippen LogP contribution >= 0.6 is 0 Å². The second-order valence-electron chi connectivity index (χ2n) is 0.393. The van der Waals surface area contributed by atoms with E-state index in [4.69, 9.17) is 13.0 Å². The summed E-state index contributed by atoms with van der Waals surface area (Å²) in [6, 6.07) is 0. The van der Waals surface area contributed by atoms with E-state index in [-0.39, 0.29) is 46.6 Å². The fourth-order valence-corrected chi connectivity index (χ4v) is 0. The van der Waals surface area contributed by atoms with Crippen molar-refractivity contribution in [3.8, 4) is 0 Å². The monoisotopic (exact) mass is 178 g/mol. The van der Waals surface area contributed by atoms with Crippen LogP contribution < -0.4 is 29.6 Å². The third-order valence-corrected chi connectivity index (χ3v) is 0. The van der Waals surface area contributed by atoms with Gasteiger partial charge in [-0.25, -0.2) is 8.42 Å². The van der Waals surface area contributed by atoms with Crippen molar-refractivity contribution in [2.24, 2.45) is 0 Å². The Morgan fingerprint density at radius 1 is 1.43 bits per heavy atom. The molecule has 0 unspecified atom stereocenters. The number of halogens is 1. The Morgan fingerprint density at radius 2 is 1.43 bits per heavy atom. The van der Waals surface area contributed by atoms with Crippen molar-refractivity contribution < 1.29 is 63.5 Å². The molecule has 0 N–H and O–H groups in total. The molecule has 3 nitrogen and oxygen atoms in total. The van der Waals surface area contributed by atoms with Gasteiger partial charge in [0, 0.05) is 17.1 Å². The van der Waals surface area contributed by atoms with Gasteiger partial charge in [0.1, 0.15) is 0 Å². The second-order valence-corrected chi connectivity index (χ2v) is 1.18. The third-order valence-electron chi connectivity index (χ3n) is 0. The van der Waals surface area contributed by atoms with Crippen molar-refractivity contribution in [3.63, 3.8) is 0 Å². The average molecular weight is 178 g/mol. The van der Waals surface area contributed by atoms with E-state index in [1.54, 1.807) is 0 Å². The van der Waals surface area contributed by atoms with E-state index >= 15 is 0 Å². The molecular formula is FFeNaO3S. The van der Waals surface area contributed by atoms with Crippen molar-refractivity contribution in [2.75, 3.05) is 0 Å². The van der Waals surface area contributed by atoms with E-state index in [0.29, 0.717) is 0 Å². The van der Waals surface area contributed by atoms with Gasteiger partial charge in [0.2, 0.25) is 0 Å². The summed E-state index contributed by atoms with van der Waals surface area (Å²) in [5.41, 5.74) is 0. The van der Waals surface area contributed by atoms with Gasteiger partial charge in [0.15, 0.2) is 0 Å². The Labute approximate surface area is 73.5 Å². The third kappa shape index (κ3) is 114. The molecule has 0 aliphatic heterocycles. The average Bonchev–Trinajstić information content (AvgIpc) is 0.722. The van der Waals surface area contributed by atoms with Gasteiger partial charge in [-0.15, -0.1) is 3.89 Å². The van der Waals surface area contributed by atoms with Gasteiger partial charge < -0.3 is 4.55 Å². The molecule has 0 bridgehead atoms. The molecule has 40 valence electrons. The first-order valence-corrected chi connectivity index (χ1v) is 1.96. The molecule has 0 spiro atoms. The van der Waals surface area contributed by atoms with E-state index in [2.05, 4.69) is 0 Å². The fraction of sp³-hybridized carbons (Fsp3) is 0. The summed E-state index contributed by atoms with van der Waals surface area (Å²) >= 11 is 0. The topological polar surface area (TPSA) is 57.2 Å². The Kier molecular flexibility index (Phi) is 12.4. The van der Waals surface area contributed by atoms with Crippen molar-refractivity contribution in [2.45, 2.75) is 0 Å². The molecule has 0 amide bonds. The summed E-state index contributed by atoms with van der Waals surface area (Å²) in [5.74, 6) is 0. The molecule has 0 aromatic heterocycles. The predicted octanol–water partition coefficient (Wildman–Crippen LogP) is -3.58. The van der Waals surface area contributed by atoms with E-state index in [9.17, 15) is 3.89 Å². The maximum atomic E-state index is 10.1. The standard InChI is InChI=1S/FHO3S.Fe.Na/c1-5(2,3)4;;/h(H,2,3,4);;/q;;+1/p-1. The van der Waals surface area contributed by atoms with Crippen LogP contribution in [0.1, 0.15) is 0 Å². The predicted molar refractivity (Wildman–Crippen MR) is 10.8 cm³/mol. The van der Waals surface area contributed by atoms with Gasteiger partial charge in [0.25, 0.3) is 10.5 Å². The molecule has 0 aliphatic carbocycles. The van der Waals surface area contributed by atoms with Crippen molar-refractivity contribution in [3.05, 3.63) is 0 Å². The van der Waals surface area contributed by atoms with Gasteiger partial charge in [-0.3, -0.25) is 0 Å². The molecule has 0 atom stereocenters. The van der Waals surface area contributed by atoms with Crippen molar-refractivity contribution in [1.82, 2.24) is 0 Å². The molecule has 0 saturated carbocycles. The SMILES string of the molecule is O=S(=O)([O-])F.[Fe].[Na+]. The second kappa shape index (κ2) is 5.50. The minimum Gasteiger partial charge on any atom is -0.722 e. The maximum absolute atomic E-state index is 10.1. The Hall–Kier alpha value is 1.36. The summed E-state index contributed by atoms with van der Waals surface area (Å²) in [6.45, 7) is 0. The molecule has 0 aromatic carbocycles. The molecule has 0 fully saturated rings. The zero-order valence-corrected chi connectivity index (χ0v) is 7.29. The van der Waals surface area contributed by atoms with E-state index < -0.39 is 10.5 Å². The molecule has 7 heteroatoms. The van der Waals surface area contributed by atoms with Crippen LogP contribution in [0.2, 0.25) is 0 Å². The molecule has 7 heavy (non-hydrogen) atoms. The van der Waals surface area contributed by atoms with Crippen LogP contribution in [-0.4, -0.2) is 13.0 Å². The smallest absolute Gasteiger partial charge is 0.722 e. The molecular weight excluding hydrogens is 178 g/mol. The fourth-order valence-electron chi connectivity index (χ4n) is 0. The van der Waals surface area contributed by atoms with E-state index in [1.165, 1.54) is 0 Å². The Bertz CT molecular complexity index is 98.1. The Balaban J connectivity index is -0.0000000800. The summed E-state index contributed by atoms with van der Waals surface area (Å²) in [7, 11) is -5.42. The molecule has 0 rings (SSSR count). The minimum absolute atomic E-state index is 0. The number of hydrogen-bond acceptors (Lipinski definition) is 3. The normalized spacial score (nSPS) is 8.29. The van der Waals surface area contributed by atoms with E-state index in [1.807, 2.05) is 0 Å². The first-order valence-electron chi connectivity index (χ1n) is 0.654. The van der Waals surface area contributed by atoms with Crippen LogP contribution in [0.4, 0.5) is 3.89 Å². The summed E-state index contributed by atoms with van der Waals surface area (Å²) in [6.07, 6.45) is 0. The Morgan fingerprint density at radius 3 is 1.43 bits per heavy atom. The van der Waals surface area contributed by atoms with Crippen LogP contribution in [0.15, 0.2) is 0 Å². The largest absolute Gasteiger partial charge is 1.00 e. The quantitative estimate of drug-likeness (QED) is 0.219. The first kappa shape index (κ1) is 15.8. The summed E-state index contributed by atoms with van der Waals surface area (Å²) in [4.78, 5) is 0.